The van der Waals surface area contributed by atoms with Crippen LogP contribution in [-0.2, 0) is 0 Å². The molecule has 0 fully saturated rings. The summed E-state index contributed by atoms with van der Waals surface area (Å²) in [6, 6.07) is 6.85. The van der Waals surface area contributed by atoms with Gasteiger partial charge in [-0.1, -0.05) is 54.7 Å². The van der Waals surface area contributed by atoms with Crippen LogP contribution in [0.4, 0.5) is 0 Å². The maximum atomic E-state index is 3.95. The first-order valence-corrected chi connectivity index (χ1v) is 8.23. The Bertz CT molecular complexity index is 782. The summed E-state index contributed by atoms with van der Waals surface area (Å²) in [6.07, 6.45) is 13.1. The van der Waals surface area contributed by atoms with Crippen molar-refractivity contribution >= 4 is 39.1 Å². The van der Waals surface area contributed by atoms with E-state index in [-0.39, 0.29) is 0 Å². The van der Waals surface area contributed by atoms with E-state index in [4.69, 9.17) is 0 Å². The van der Waals surface area contributed by atoms with E-state index in [0.717, 1.165) is 6.42 Å². The summed E-state index contributed by atoms with van der Waals surface area (Å²) in [5.41, 5.74) is 5.58. The number of rotatable bonds is 3. The molecule has 0 N–H and O–H groups in total. The molecule has 1 aromatic carbocycles. The molecule has 1 aliphatic rings. The zero-order valence-corrected chi connectivity index (χ0v) is 13.5. The van der Waals surface area contributed by atoms with Crippen LogP contribution in [0.15, 0.2) is 48.6 Å². The second-order valence-electron chi connectivity index (χ2n) is 5.50. The standard InChI is InChI=1S/C20H20S/c1-4-6-17-18-12-11-16(13-20(18)21-19(17)5-2)15-9-7-14(3)8-10-15/h4-7,9,11-13H,2,8,10H2,1,3H3/b6-4-. The van der Waals surface area contributed by atoms with Crippen molar-refractivity contribution in [1.82, 2.24) is 0 Å². The molecule has 0 nitrogen and oxygen atoms in total. The van der Waals surface area contributed by atoms with Gasteiger partial charge in [0.2, 0.25) is 0 Å². The first-order chi connectivity index (χ1) is 10.2. The molecule has 0 spiro atoms. The van der Waals surface area contributed by atoms with Crippen LogP contribution in [0, 0.1) is 0 Å². The van der Waals surface area contributed by atoms with Crippen LogP contribution >= 0.6 is 11.3 Å². The molecule has 1 heteroatoms. The summed E-state index contributed by atoms with van der Waals surface area (Å²) in [7, 11) is 0. The Kier molecular flexibility index (Phi) is 3.94. The van der Waals surface area contributed by atoms with Gasteiger partial charge in [0.05, 0.1) is 0 Å². The van der Waals surface area contributed by atoms with E-state index in [2.05, 4.69) is 62.9 Å². The smallest absolute Gasteiger partial charge is 0.0361 e. The van der Waals surface area contributed by atoms with Gasteiger partial charge in [-0.15, -0.1) is 11.3 Å². The molecule has 0 radical (unpaired) electrons. The molecule has 0 amide bonds. The lowest BCUT2D eigenvalue weighted by Gasteiger charge is -2.12. The monoisotopic (exact) mass is 292 g/mol. The number of fused-ring (bicyclic) bond motifs is 1. The van der Waals surface area contributed by atoms with Gasteiger partial charge in [0, 0.05) is 15.0 Å². The minimum Gasteiger partial charge on any atom is -0.135 e. The second-order valence-corrected chi connectivity index (χ2v) is 6.58. The van der Waals surface area contributed by atoms with Gasteiger partial charge in [-0.25, -0.2) is 0 Å². The van der Waals surface area contributed by atoms with E-state index in [0.29, 0.717) is 0 Å². The van der Waals surface area contributed by atoms with E-state index in [1.54, 1.807) is 0 Å². The Hall–Kier alpha value is -1.86. The topological polar surface area (TPSA) is 0 Å². The zero-order chi connectivity index (χ0) is 14.8. The minimum absolute atomic E-state index is 1.15. The van der Waals surface area contributed by atoms with Crippen LogP contribution in [0.25, 0.3) is 27.8 Å². The third kappa shape index (κ3) is 2.66. The van der Waals surface area contributed by atoms with Gasteiger partial charge in [0.1, 0.15) is 0 Å². The normalized spacial score (nSPS) is 15.3. The van der Waals surface area contributed by atoms with Crippen molar-refractivity contribution in [3.05, 3.63) is 64.6 Å². The van der Waals surface area contributed by atoms with Gasteiger partial charge in [0.25, 0.3) is 0 Å². The molecule has 0 unspecified atom stereocenters. The predicted molar refractivity (Wildman–Crippen MR) is 97.6 cm³/mol. The molecule has 0 aliphatic heterocycles. The van der Waals surface area contributed by atoms with Crippen molar-refractivity contribution < 1.29 is 0 Å². The van der Waals surface area contributed by atoms with E-state index in [1.165, 1.54) is 43.7 Å². The van der Waals surface area contributed by atoms with E-state index in [1.807, 2.05) is 17.4 Å². The zero-order valence-electron chi connectivity index (χ0n) is 12.6. The van der Waals surface area contributed by atoms with Gasteiger partial charge in [0.15, 0.2) is 0 Å². The molecule has 21 heavy (non-hydrogen) atoms. The lowest BCUT2D eigenvalue weighted by atomic mass is 9.93. The number of hydrogen-bond donors (Lipinski definition) is 0. The largest absolute Gasteiger partial charge is 0.135 e. The summed E-state index contributed by atoms with van der Waals surface area (Å²) < 4.78 is 1.35. The predicted octanol–water partition coefficient (Wildman–Crippen LogP) is 6.70. The van der Waals surface area contributed by atoms with Crippen LogP contribution in [0.2, 0.25) is 0 Å². The molecule has 106 valence electrons. The summed E-state index contributed by atoms with van der Waals surface area (Å²) >= 11 is 1.83. The molecule has 2 aromatic rings. The molecular weight excluding hydrogens is 272 g/mol. The molecule has 0 saturated heterocycles. The third-order valence-electron chi connectivity index (χ3n) is 4.00. The van der Waals surface area contributed by atoms with Gasteiger partial charge in [-0.2, -0.15) is 0 Å². The third-order valence-corrected chi connectivity index (χ3v) is 5.17. The highest BCUT2D eigenvalue weighted by molar-refractivity contribution is 7.20. The van der Waals surface area contributed by atoms with Crippen LogP contribution in [-0.4, -0.2) is 0 Å². The first kappa shape index (κ1) is 14.1. The van der Waals surface area contributed by atoms with Crippen molar-refractivity contribution in [3.8, 4) is 0 Å². The lowest BCUT2D eigenvalue weighted by molar-refractivity contribution is 0.977. The Morgan fingerprint density at radius 3 is 2.71 bits per heavy atom. The maximum Gasteiger partial charge on any atom is 0.0361 e. The van der Waals surface area contributed by atoms with Crippen LogP contribution in [0.3, 0.4) is 0 Å². The van der Waals surface area contributed by atoms with E-state index in [9.17, 15) is 0 Å². The molecule has 0 saturated carbocycles. The molecule has 0 atom stereocenters. The average Bonchev–Trinajstić information content (AvgIpc) is 2.85. The van der Waals surface area contributed by atoms with Gasteiger partial charge in [-0.05, 0) is 49.5 Å². The summed E-state index contributed by atoms with van der Waals surface area (Å²) in [5, 5.41) is 1.33. The molecule has 1 aliphatic carbocycles. The Morgan fingerprint density at radius 1 is 1.19 bits per heavy atom. The molecule has 1 heterocycles. The first-order valence-electron chi connectivity index (χ1n) is 7.41. The SMILES string of the molecule is C=Cc1sc2cc(C3=CC=C(C)CC3)ccc2c1/C=C\C. The van der Waals surface area contributed by atoms with Gasteiger partial charge < -0.3 is 0 Å². The maximum absolute atomic E-state index is 3.95. The fraction of sp³-hybridized carbons (Fsp3) is 0.200. The van der Waals surface area contributed by atoms with Crippen molar-refractivity contribution in [1.29, 1.82) is 0 Å². The van der Waals surface area contributed by atoms with Crippen molar-refractivity contribution in [3.63, 3.8) is 0 Å². The lowest BCUT2D eigenvalue weighted by Crippen LogP contribution is -1.90. The second kappa shape index (κ2) is 5.87. The number of hydrogen-bond acceptors (Lipinski definition) is 1. The van der Waals surface area contributed by atoms with E-state index >= 15 is 0 Å². The molecular formula is C20H20S. The Balaban J connectivity index is 2.11. The highest BCUT2D eigenvalue weighted by Crippen LogP contribution is 2.36. The van der Waals surface area contributed by atoms with Crippen molar-refractivity contribution in [2.45, 2.75) is 26.7 Å². The molecule has 3 rings (SSSR count). The summed E-state index contributed by atoms with van der Waals surface area (Å²) in [6.45, 7) is 8.21. The van der Waals surface area contributed by atoms with Crippen molar-refractivity contribution in [2.24, 2.45) is 0 Å². The van der Waals surface area contributed by atoms with Crippen LogP contribution < -0.4 is 0 Å². The number of benzene rings is 1. The molecule has 1 aromatic heterocycles. The Labute approximate surface area is 130 Å². The molecule has 0 bridgehead atoms. The van der Waals surface area contributed by atoms with Gasteiger partial charge >= 0.3 is 0 Å². The van der Waals surface area contributed by atoms with E-state index < -0.39 is 0 Å². The number of thiophene rings is 1. The fourth-order valence-electron chi connectivity index (χ4n) is 2.81. The van der Waals surface area contributed by atoms with Crippen LogP contribution in [0.1, 0.15) is 42.7 Å². The Morgan fingerprint density at radius 2 is 2.05 bits per heavy atom. The summed E-state index contributed by atoms with van der Waals surface area (Å²) in [5.74, 6) is 0. The van der Waals surface area contributed by atoms with Crippen molar-refractivity contribution in [2.75, 3.05) is 0 Å². The average molecular weight is 292 g/mol. The highest BCUT2D eigenvalue weighted by atomic mass is 32.1. The highest BCUT2D eigenvalue weighted by Gasteiger charge is 2.11. The van der Waals surface area contributed by atoms with Gasteiger partial charge in [-0.3, -0.25) is 0 Å². The minimum atomic E-state index is 1.15. The van der Waals surface area contributed by atoms with Crippen LogP contribution in [0.5, 0.6) is 0 Å². The quantitative estimate of drug-likeness (QED) is 0.590. The summed E-state index contributed by atoms with van der Waals surface area (Å²) in [4.78, 5) is 1.26. The fourth-order valence-corrected chi connectivity index (χ4v) is 3.89. The number of allylic oxidation sites excluding steroid dienone is 5.